The molecule has 9 nitrogen and oxygen atoms in total. The number of carbonyl (C=O) groups excluding carboxylic acids is 1. The Morgan fingerprint density at radius 2 is 1.69 bits per heavy atom. The number of aromatic nitrogens is 5. The fourth-order valence-corrected chi connectivity index (χ4v) is 2.97. The minimum Gasteiger partial charge on any atom is -0.367 e. The van der Waals surface area contributed by atoms with Crippen LogP contribution < -0.4 is 16.0 Å². The van der Waals surface area contributed by atoms with Crippen molar-refractivity contribution in [3.8, 4) is 11.3 Å². The Balaban J connectivity index is 1.26. The lowest BCUT2D eigenvalue weighted by Gasteiger charge is -2.08. The molecule has 4 aromatic rings. The van der Waals surface area contributed by atoms with Gasteiger partial charge in [0.2, 0.25) is 0 Å². The van der Waals surface area contributed by atoms with Gasteiger partial charge >= 0.3 is 0 Å². The molecule has 162 valence electrons. The number of nitrogens with one attached hydrogen (secondary N) is 3. The summed E-state index contributed by atoms with van der Waals surface area (Å²) in [6.45, 7) is 0.856. The Hall–Kier alpha value is -4.34. The number of halogens is 1. The van der Waals surface area contributed by atoms with Crippen LogP contribution in [0.5, 0.6) is 0 Å². The van der Waals surface area contributed by atoms with Gasteiger partial charge in [0, 0.05) is 43.8 Å². The fourth-order valence-electron chi connectivity index (χ4n) is 2.97. The standard InChI is InChI=1S/C22H21FN8O/c1-31-19(14-18(30-31)15-2-4-16(23)5-3-15)22(32)26-13-12-25-20-6-7-21(29-28-20)27-17-8-10-24-11-9-17/h2-11,14H,12-13H2,1H3,(H,25,28)(H,26,32)(H,24,27,29). The third-order valence-electron chi connectivity index (χ3n) is 4.59. The lowest BCUT2D eigenvalue weighted by atomic mass is 10.1. The number of anilines is 3. The Kier molecular flexibility index (Phi) is 6.30. The summed E-state index contributed by atoms with van der Waals surface area (Å²) in [6.07, 6.45) is 3.38. The Morgan fingerprint density at radius 1 is 0.969 bits per heavy atom. The smallest absolute Gasteiger partial charge is 0.269 e. The van der Waals surface area contributed by atoms with E-state index in [0.29, 0.717) is 36.1 Å². The van der Waals surface area contributed by atoms with Crippen molar-refractivity contribution in [3.63, 3.8) is 0 Å². The summed E-state index contributed by atoms with van der Waals surface area (Å²) in [5.74, 6) is 0.638. The van der Waals surface area contributed by atoms with Gasteiger partial charge in [0.25, 0.3) is 5.91 Å². The molecular weight excluding hydrogens is 411 g/mol. The van der Waals surface area contributed by atoms with Crippen molar-refractivity contribution in [2.75, 3.05) is 23.7 Å². The van der Waals surface area contributed by atoms with Gasteiger partial charge in [0.05, 0.1) is 5.69 Å². The molecule has 32 heavy (non-hydrogen) atoms. The number of amides is 1. The van der Waals surface area contributed by atoms with Crippen LogP contribution in [0.3, 0.4) is 0 Å². The first-order chi connectivity index (χ1) is 15.6. The van der Waals surface area contributed by atoms with Crippen LogP contribution in [0, 0.1) is 5.82 Å². The van der Waals surface area contributed by atoms with E-state index in [2.05, 4.69) is 36.2 Å². The third-order valence-corrected chi connectivity index (χ3v) is 4.59. The Bertz CT molecular complexity index is 1180. The number of aryl methyl sites for hydroxylation is 1. The molecule has 3 heterocycles. The molecule has 0 saturated heterocycles. The van der Waals surface area contributed by atoms with Crippen molar-refractivity contribution < 1.29 is 9.18 Å². The molecule has 0 saturated carbocycles. The lowest BCUT2D eigenvalue weighted by Crippen LogP contribution is -2.30. The number of carbonyl (C=O) groups is 1. The van der Waals surface area contributed by atoms with Gasteiger partial charge in [-0.2, -0.15) is 5.10 Å². The van der Waals surface area contributed by atoms with E-state index in [1.165, 1.54) is 16.8 Å². The third kappa shape index (κ3) is 5.22. The molecule has 3 aromatic heterocycles. The summed E-state index contributed by atoms with van der Waals surface area (Å²) in [7, 11) is 1.69. The first-order valence-corrected chi connectivity index (χ1v) is 9.91. The van der Waals surface area contributed by atoms with E-state index in [4.69, 9.17) is 0 Å². The zero-order valence-electron chi connectivity index (χ0n) is 17.3. The lowest BCUT2D eigenvalue weighted by molar-refractivity contribution is 0.0946. The van der Waals surface area contributed by atoms with Crippen LogP contribution in [-0.2, 0) is 7.05 Å². The van der Waals surface area contributed by atoms with E-state index in [-0.39, 0.29) is 11.7 Å². The predicted molar refractivity (Wildman–Crippen MR) is 119 cm³/mol. The van der Waals surface area contributed by atoms with Gasteiger partial charge in [-0.25, -0.2) is 4.39 Å². The molecule has 4 rings (SSSR count). The second kappa shape index (κ2) is 9.65. The average Bonchev–Trinajstić information content (AvgIpc) is 3.20. The van der Waals surface area contributed by atoms with Crippen LogP contribution in [0.4, 0.5) is 21.7 Å². The van der Waals surface area contributed by atoms with Gasteiger partial charge < -0.3 is 16.0 Å². The van der Waals surface area contributed by atoms with Crippen molar-refractivity contribution in [2.24, 2.45) is 7.05 Å². The van der Waals surface area contributed by atoms with Crippen molar-refractivity contribution in [1.29, 1.82) is 0 Å². The highest BCUT2D eigenvalue weighted by atomic mass is 19.1. The molecule has 3 N–H and O–H groups in total. The number of hydrogen-bond acceptors (Lipinski definition) is 7. The molecule has 1 amide bonds. The summed E-state index contributed by atoms with van der Waals surface area (Å²) >= 11 is 0. The quantitative estimate of drug-likeness (QED) is 0.367. The average molecular weight is 432 g/mol. The van der Waals surface area contributed by atoms with E-state index < -0.39 is 0 Å². The van der Waals surface area contributed by atoms with Gasteiger partial charge in [-0.05, 0) is 54.6 Å². The number of nitrogens with zero attached hydrogens (tertiary/aromatic N) is 5. The Morgan fingerprint density at radius 3 is 2.41 bits per heavy atom. The zero-order valence-corrected chi connectivity index (χ0v) is 17.3. The van der Waals surface area contributed by atoms with Crippen LogP contribution in [0.1, 0.15) is 10.5 Å². The summed E-state index contributed by atoms with van der Waals surface area (Å²) in [5.41, 5.74) is 2.63. The van der Waals surface area contributed by atoms with Crippen LogP contribution in [0.15, 0.2) is 67.0 Å². The molecule has 0 aliphatic heterocycles. The Labute approximate surface area is 183 Å². The fraction of sp³-hybridized carbons (Fsp3) is 0.136. The van der Waals surface area contributed by atoms with E-state index in [1.54, 1.807) is 49.8 Å². The zero-order chi connectivity index (χ0) is 22.3. The topological polar surface area (TPSA) is 110 Å². The molecule has 0 radical (unpaired) electrons. The molecule has 10 heteroatoms. The van der Waals surface area contributed by atoms with Crippen molar-refractivity contribution >= 4 is 23.2 Å². The number of rotatable bonds is 8. The van der Waals surface area contributed by atoms with Gasteiger partial charge in [-0.15, -0.1) is 10.2 Å². The van der Waals surface area contributed by atoms with Crippen LogP contribution >= 0.6 is 0 Å². The molecule has 0 aliphatic carbocycles. The SMILES string of the molecule is Cn1nc(-c2ccc(F)cc2)cc1C(=O)NCCNc1ccc(Nc2ccncc2)nn1. The van der Waals surface area contributed by atoms with Crippen molar-refractivity contribution in [2.45, 2.75) is 0 Å². The summed E-state index contributed by atoms with van der Waals surface area (Å²) in [5, 5.41) is 21.6. The first-order valence-electron chi connectivity index (χ1n) is 9.91. The summed E-state index contributed by atoms with van der Waals surface area (Å²) < 4.78 is 14.6. The number of benzene rings is 1. The second-order valence-electron chi connectivity index (χ2n) is 6.89. The second-order valence-corrected chi connectivity index (χ2v) is 6.89. The molecule has 1 aromatic carbocycles. The maximum absolute atomic E-state index is 13.1. The van der Waals surface area contributed by atoms with Gasteiger partial charge in [0.15, 0.2) is 5.82 Å². The summed E-state index contributed by atoms with van der Waals surface area (Å²) in [4.78, 5) is 16.5. The van der Waals surface area contributed by atoms with E-state index in [9.17, 15) is 9.18 Å². The number of pyridine rings is 1. The number of hydrogen-bond donors (Lipinski definition) is 3. The van der Waals surface area contributed by atoms with Crippen LogP contribution in [0.25, 0.3) is 11.3 Å². The molecule has 0 unspecified atom stereocenters. The molecular formula is C22H21FN8O. The minimum atomic E-state index is -0.320. The highest BCUT2D eigenvalue weighted by Gasteiger charge is 2.14. The maximum atomic E-state index is 13.1. The van der Waals surface area contributed by atoms with E-state index in [0.717, 1.165) is 11.3 Å². The highest BCUT2D eigenvalue weighted by Crippen LogP contribution is 2.19. The molecule has 0 bridgehead atoms. The molecule has 0 atom stereocenters. The van der Waals surface area contributed by atoms with E-state index >= 15 is 0 Å². The highest BCUT2D eigenvalue weighted by molar-refractivity contribution is 5.93. The summed E-state index contributed by atoms with van der Waals surface area (Å²) in [6, 6.07) is 14.9. The van der Waals surface area contributed by atoms with Gasteiger partial charge in [-0.1, -0.05) is 0 Å². The predicted octanol–water partition coefficient (Wildman–Crippen LogP) is 3.00. The van der Waals surface area contributed by atoms with Crippen molar-refractivity contribution in [1.82, 2.24) is 30.3 Å². The van der Waals surface area contributed by atoms with Gasteiger partial charge in [-0.3, -0.25) is 14.5 Å². The normalized spacial score (nSPS) is 10.6. The van der Waals surface area contributed by atoms with Crippen molar-refractivity contribution in [3.05, 3.63) is 78.5 Å². The largest absolute Gasteiger partial charge is 0.367 e. The van der Waals surface area contributed by atoms with Crippen LogP contribution in [0.2, 0.25) is 0 Å². The minimum absolute atomic E-state index is 0.252. The molecule has 0 spiro atoms. The maximum Gasteiger partial charge on any atom is 0.269 e. The first kappa shape index (κ1) is 20.9. The van der Waals surface area contributed by atoms with Gasteiger partial charge in [0.1, 0.15) is 17.3 Å². The van der Waals surface area contributed by atoms with Crippen LogP contribution in [-0.4, -0.2) is 44.0 Å². The monoisotopic (exact) mass is 432 g/mol. The van der Waals surface area contributed by atoms with E-state index in [1.807, 2.05) is 12.1 Å². The molecule has 0 fully saturated rings. The molecule has 0 aliphatic rings.